The average Bonchev–Trinajstić information content (AvgIpc) is 2.62. The normalized spacial score (nSPS) is 12.8. The summed E-state index contributed by atoms with van der Waals surface area (Å²) in [4.78, 5) is 11.1. The molecule has 0 aromatic carbocycles. The topological polar surface area (TPSA) is 54.0 Å². The van der Waals surface area contributed by atoms with Crippen LogP contribution in [0.1, 0.15) is 64.7 Å². The van der Waals surface area contributed by atoms with Crippen molar-refractivity contribution in [2.45, 2.75) is 70.7 Å². The van der Waals surface area contributed by atoms with Gasteiger partial charge in [-0.15, -0.1) is 0 Å². The third kappa shape index (κ3) is 10.1. The molecular weight excluding hydrogens is 308 g/mol. The van der Waals surface area contributed by atoms with E-state index >= 15 is 0 Å². The van der Waals surface area contributed by atoms with Gasteiger partial charge in [-0.2, -0.15) is 0 Å². The standard InChI is InChI=1S/C19H36O5/c1-6-8-9-10-11-13-17(14-12-15-24-18(20)7-2)16-19(21-3,22-4)23-5/h7,17H,2,6,8-16H2,1,3-5H3. The van der Waals surface area contributed by atoms with Crippen LogP contribution in [-0.4, -0.2) is 39.9 Å². The lowest BCUT2D eigenvalue weighted by molar-refractivity contribution is -0.359. The van der Waals surface area contributed by atoms with Crippen molar-refractivity contribution < 1.29 is 23.7 Å². The molecule has 0 radical (unpaired) electrons. The number of esters is 1. The molecule has 0 rings (SSSR count). The van der Waals surface area contributed by atoms with Crippen molar-refractivity contribution in [1.29, 1.82) is 0 Å². The van der Waals surface area contributed by atoms with Crippen LogP contribution < -0.4 is 0 Å². The lowest BCUT2D eigenvalue weighted by atomic mass is 9.91. The van der Waals surface area contributed by atoms with E-state index in [-0.39, 0.29) is 5.97 Å². The van der Waals surface area contributed by atoms with Crippen molar-refractivity contribution >= 4 is 5.97 Å². The molecule has 0 bridgehead atoms. The summed E-state index contributed by atoms with van der Waals surface area (Å²) >= 11 is 0. The van der Waals surface area contributed by atoms with Crippen LogP contribution in [0.15, 0.2) is 12.7 Å². The van der Waals surface area contributed by atoms with Gasteiger partial charge >= 0.3 is 5.97 Å². The summed E-state index contributed by atoms with van der Waals surface area (Å²) in [7, 11) is 4.78. The molecule has 1 unspecified atom stereocenters. The third-order valence-electron chi connectivity index (χ3n) is 4.36. The van der Waals surface area contributed by atoms with Gasteiger partial charge in [0.25, 0.3) is 5.97 Å². The summed E-state index contributed by atoms with van der Waals surface area (Å²) in [5.41, 5.74) is 0. The predicted molar refractivity (Wildman–Crippen MR) is 95.6 cm³/mol. The van der Waals surface area contributed by atoms with Gasteiger partial charge in [-0.25, -0.2) is 4.79 Å². The molecule has 5 heteroatoms. The van der Waals surface area contributed by atoms with Crippen LogP contribution >= 0.6 is 0 Å². The minimum absolute atomic E-state index is 0.369. The fourth-order valence-electron chi connectivity index (χ4n) is 2.84. The van der Waals surface area contributed by atoms with E-state index in [1.807, 2.05) is 0 Å². The molecule has 0 aromatic heterocycles. The highest BCUT2D eigenvalue weighted by molar-refractivity contribution is 5.81. The summed E-state index contributed by atoms with van der Waals surface area (Å²) in [5.74, 6) is -0.966. The number of hydrogen-bond acceptors (Lipinski definition) is 5. The number of unbranched alkanes of at least 4 members (excludes halogenated alkanes) is 4. The van der Waals surface area contributed by atoms with Gasteiger partial charge in [0, 0.05) is 33.8 Å². The molecule has 0 fully saturated rings. The van der Waals surface area contributed by atoms with Crippen molar-refractivity contribution in [3.8, 4) is 0 Å². The van der Waals surface area contributed by atoms with Gasteiger partial charge in [0.05, 0.1) is 6.61 Å². The van der Waals surface area contributed by atoms with Crippen LogP contribution in [0.5, 0.6) is 0 Å². The Hall–Kier alpha value is -0.910. The number of methoxy groups -OCH3 is 3. The molecule has 0 saturated carbocycles. The minimum Gasteiger partial charge on any atom is -0.463 e. The molecule has 142 valence electrons. The Kier molecular flexibility index (Phi) is 13.9. The van der Waals surface area contributed by atoms with E-state index in [1.165, 1.54) is 38.2 Å². The molecule has 5 nitrogen and oxygen atoms in total. The fraction of sp³-hybridized carbons (Fsp3) is 0.842. The van der Waals surface area contributed by atoms with Crippen LogP contribution in [0.3, 0.4) is 0 Å². The summed E-state index contributed by atoms with van der Waals surface area (Å²) in [5, 5.41) is 0. The molecule has 0 aliphatic carbocycles. The zero-order valence-corrected chi connectivity index (χ0v) is 16.0. The number of carbonyl (C=O) groups is 1. The Balaban J connectivity index is 4.41. The molecule has 0 heterocycles. The first-order valence-corrected chi connectivity index (χ1v) is 9.02. The number of hydrogen-bond donors (Lipinski definition) is 0. The van der Waals surface area contributed by atoms with E-state index in [4.69, 9.17) is 18.9 Å². The first-order valence-electron chi connectivity index (χ1n) is 9.02. The summed E-state index contributed by atoms with van der Waals surface area (Å²) < 4.78 is 21.3. The molecule has 0 aliphatic heterocycles. The minimum atomic E-state index is -0.994. The first kappa shape index (κ1) is 23.1. The summed E-state index contributed by atoms with van der Waals surface area (Å²) in [6.45, 7) is 6.03. The molecule has 0 aromatic rings. The molecule has 0 saturated heterocycles. The van der Waals surface area contributed by atoms with Gasteiger partial charge in [-0.1, -0.05) is 52.0 Å². The first-order chi connectivity index (χ1) is 11.6. The molecule has 0 aliphatic rings. The van der Waals surface area contributed by atoms with Crippen LogP contribution in [0.4, 0.5) is 0 Å². The maximum absolute atomic E-state index is 11.1. The molecule has 0 amide bonds. The largest absolute Gasteiger partial charge is 0.463 e. The van der Waals surface area contributed by atoms with Crippen molar-refractivity contribution in [3.05, 3.63) is 12.7 Å². The van der Waals surface area contributed by atoms with E-state index < -0.39 is 5.97 Å². The van der Waals surface area contributed by atoms with E-state index in [0.717, 1.165) is 19.3 Å². The maximum Gasteiger partial charge on any atom is 0.330 e. The molecule has 1 atom stereocenters. The lowest BCUT2D eigenvalue weighted by Crippen LogP contribution is -2.38. The highest BCUT2D eigenvalue weighted by Crippen LogP contribution is 2.29. The fourth-order valence-corrected chi connectivity index (χ4v) is 2.84. The van der Waals surface area contributed by atoms with E-state index in [1.54, 1.807) is 21.3 Å². The molecule has 24 heavy (non-hydrogen) atoms. The van der Waals surface area contributed by atoms with Gasteiger partial charge in [-0.05, 0) is 18.8 Å². The number of rotatable bonds is 16. The van der Waals surface area contributed by atoms with Crippen molar-refractivity contribution in [2.75, 3.05) is 27.9 Å². The van der Waals surface area contributed by atoms with E-state index in [0.29, 0.717) is 18.9 Å². The Morgan fingerprint density at radius 2 is 1.58 bits per heavy atom. The Morgan fingerprint density at radius 3 is 2.12 bits per heavy atom. The Morgan fingerprint density at radius 1 is 1.00 bits per heavy atom. The zero-order valence-electron chi connectivity index (χ0n) is 16.0. The monoisotopic (exact) mass is 344 g/mol. The smallest absolute Gasteiger partial charge is 0.330 e. The summed E-state index contributed by atoms with van der Waals surface area (Å²) in [6.07, 6.45) is 11.0. The predicted octanol–water partition coefficient (Wildman–Crippen LogP) is 4.46. The van der Waals surface area contributed by atoms with Crippen LogP contribution in [-0.2, 0) is 23.7 Å². The molecular formula is C19H36O5. The number of ether oxygens (including phenoxy) is 4. The van der Waals surface area contributed by atoms with Crippen LogP contribution in [0, 0.1) is 5.92 Å². The van der Waals surface area contributed by atoms with Gasteiger partial charge in [0.1, 0.15) is 0 Å². The van der Waals surface area contributed by atoms with Gasteiger partial charge in [-0.3, -0.25) is 0 Å². The highest BCUT2D eigenvalue weighted by atomic mass is 16.9. The Labute approximate surface area is 147 Å². The second kappa shape index (κ2) is 14.4. The van der Waals surface area contributed by atoms with E-state index in [2.05, 4.69) is 13.5 Å². The number of carbonyl (C=O) groups excluding carboxylic acids is 1. The SMILES string of the molecule is C=CC(=O)OCCCC(CCCCCCC)CC(OC)(OC)OC. The molecule has 0 N–H and O–H groups in total. The zero-order chi connectivity index (χ0) is 18.3. The molecule has 0 spiro atoms. The van der Waals surface area contributed by atoms with E-state index in [9.17, 15) is 4.79 Å². The summed E-state index contributed by atoms with van der Waals surface area (Å²) in [6, 6.07) is 0. The Bertz CT molecular complexity index is 317. The average molecular weight is 344 g/mol. The van der Waals surface area contributed by atoms with Crippen LogP contribution in [0.25, 0.3) is 0 Å². The highest BCUT2D eigenvalue weighted by Gasteiger charge is 2.32. The van der Waals surface area contributed by atoms with Gasteiger partial charge < -0.3 is 18.9 Å². The third-order valence-corrected chi connectivity index (χ3v) is 4.36. The van der Waals surface area contributed by atoms with Crippen molar-refractivity contribution in [1.82, 2.24) is 0 Å². The van der Waals surface area contributed by atoms with Crippen LogP contribution in [0.2, 0.25) is 0 Å². The van der Waals surface area contributed by atoms with Crippen molar-refractivity contribution in [2.24, 2.45) is 5.92 Å². The quantitative estimate of drug-likeness (QED) is 0.179. The lowest BCUT2D eigenvalue weighted by Gasteiger charge is -2.32. The second-order valence-electron chi connectivity index (χ2n) is 6.08. The van der Waals surface area contributed by atoms with Crippen molar-refractivity contribution in [3.63, 3.8) is 0 Å². The van der Waals surface area contributed by atoms with Gasteiger partial charge in [0.15, 0.2) is 0 Å². The maximum atomic E-state index is 11.1. The second-order valence-corrected chi connectivity index (χ2v) is 6.08. The van der Waals surface area contributed by atoms with Gasteiger partial charge in [0.2, 0.25) is 0 Å².